The van der Waals surface area contributed by atoms with Crippen molar-refractivity contribution in [1.82, 2.24) is 5.32 Å². The van der Waals surface area contributed by atoms with Crippen molar-refractivity contribution in [1.29, 1.82) is 0 Å². The number of amides is 1. The summed E-state index contributed by atoms with van der Waals surface area (Å²) in [6.07, 6.45) is 3.92. The van der Waals surface area contributed by atoms with Crippen LogP contribution in [0.1, 0.15) is 27.2 Å². The van der Waals surface area contributed by atoms with Gasteiger partial charge in [0, 0.05) is 5.54 Å². The largest absolute Gasteiger partial charge is 0.348 e. The Morgan fingerprint density at radius 1 is 1.64 bits per heavy atom. The molecule has 0 aliphatic heterocycles. The quantitative estimate of drug-likeness (QED) is 0.616. The molecule has 11 heavy (non-hydrogen) atoms. The first-order chi connectivity index (χ1) is 5.02. The summed E-state index contributed by atoms with van der Waals surface area (Å²) in [6, 6.07) is 0. The van der Waals surface area contributed by atoms with Crippen LogP contribution in [0.15, 0.2) is 12.2 Å². The van der Waals surface area contributed by atoms with Crippen molar-refractivity contribution in [2.75, 3.05) is 0 Å². The van der Waals surface area contributed by atoms with E-state index in [1.807, 2.05) is 20.8 Å². The highest BCUT2D eigenvalue weighted by atomic mass is 16.1. The van der Waals surface area contributed by atoms with Crippen LogP contribution < -0.4 is 5.32 Å². The van der Waals surface area contributed by atoms with Gasteiger partial charge in [-0.05, 0) is 33.3 Å². The van der Waals surface area contributed by atoms with Gasteiger partial charge in [0.25, 0.3) is 0 Å². The molecule has 0 spiro atoms. The molecule has 0 heterocycles. The minimum absolute atomic E-state index is 0.0545. The van der Waals surface area contributed by atoms with Gasteiger partial charge in [-0.1, -0.05) is 13.0 Å². The van der Waals surface area contributed by atoms with Gasteiger partial charge < -0.3 is 5.32 Å². The van der Waals surface area contributed by atoms with Crippen molar-refractivity contribution in [2.24, 2.45) is 0 Å². The SMILES string of the molecule is [CH2]CC(C)(C)NC(=O)C=CC. The molecule has 1 radical (unpaired) electrons. The number of nitrogens with one attached hydrogen (secondary N) is 1. The van der Waals surface area contributed by atoms with E-state index in [-0.39, 0.29) is 11.4 Å². The summed E-state index contributed by atoms with van der Waals surface area (Å²) in [5.41, 5.74) is -0.198. The van der Waals surface area contributed by atoms with E-state index in [1.54, 1.807) is 6.08 Å². The van der Waals surface area contributed by atoms with Crippen LogP contribution in [-0.4, -0.2) is 11.4 Å². The summed E-state index contributed by atoms with van der Waals surface area (Å²) in [5.74, 6) is -0.0545. The molecular weight excluding hydrogens is 138 g/mol. The Labute approximate surface area is 68.7 Å². The average molecular weight is 154 g/mol. The zero-order chi connectivity index (χ0) is 8.91. The Kier molecular flexibility index (Phi) is 3.86. The second kappa shape index (κ2) is 4.16. The molecule has 0 aromatic carbocycles. The van der Waals surface area contributed by atoms with Crippen LogP contribution >= 0.6 is 0 Å². The van der Waals surface area contributed by atoms with E-state index in [0.29, 0.717) is 6.42 Å². The van der Waals surface area contributed by atoms with Crippen LogP contribution in [0, 0.1) is 6.92 Å². The molecule has 0 aromatic heterocycles. The second-order valence-electron chi connectivity index (χ2n) is 3.12. The molecule has 0 aromatic rings. The third-order valence-corrected chi connectivity index (χ3v) is 1.40. The predicted octanol–water partition coefficient (Wildman–Crippen LogP) is 1.68. The average Bonchev–Trinajstić information content (AvgIpc) is 1.87. The predicted molar refractivity (Wildman–Crippen MR) is 47.0 cm³/mol. The molecule has 0 saturated heterocycles. The number of rotatable bonds is 3. The van der Waals surface area contributed by atoms with E-state index in [2.05, 4.69) is 12.2 Å². The van der Waals surface area contributed by atoms with Gasteiger partial charge in [-0.15, -0.1) is 0 Å². The van der Waals surface area contributed by atoms with Gasteiger partial charge in [0.15, 0.2) is 0 Å². The maximum Gasteiger partial charge on any atom is 0.244 e. The number of hydrogen-bond donors (Lipinski definition) is 1. The number of carbonyl (C=O) groups excluding carboxylic acids is 1. The van der Waals surface area contributed by atoms with Crippen molar-refractivity contribution in [2.45, 2.75) is 32.7 Å². The highest BCUT2D eigenvalue weighted by molar-refractivity contribution is 5.87. The second-order valence-corrected chi connectivity index (χ2v) is 3.12. The third-order valence-electron chi connectivity index (χ3n) is 1.40. The van der Waals surface area contributed by atoms with Crippen LogP contribution in [0.2, 0.25) is 0 Å². The smallest absolute Gasteiger partial charge is 0.244 e. The van der Waals surface area contributed by atoms with E-state index in [9.17, 15) is 4.79 Å². The van der Waals surface area contributed by atoms with Crippen LogP contribution in [0.4, 0.5) is 0 Å². The molecule has 0 aliphatic rings. The van der Waals surface area contributed by atoms with Gasteiger partial charge >= 0.3 is 0 Å². The number of hydrogen-bond acceptors (Lipinski definition) is 1. The summed E-state index contributed by atoms with van der Waals surface area (Å²) in [5, 5.41) is 2.82. The maximum atomic E-state index is 11.0. The molecule has 1 N–H and O–H groups in total. The summed E-state index contributed by atoms with van der Waals surface area (Å²) in [6.45, 7) is 9.44. The van der Waals surface area contributed by atoms with Crippen molar-refractivity contribution >= 4 is 5.91 Å². The molecule has 0 saturated carbocycles. The highest BCUT2D eigenvalue weighted by Gasteiger charge is 2.15. The lowest BCUT2D eigenvalue weighted by Gasteiger charge is -2.23. The highest BCUT2D eigenvalue weighted by Crippen LogP contribution is 2.05. The molecule has 2 heteroatoms. The van der Waals surface area contributed by atoms with Crippen LogP contribution in [0.5, 0.6) is 0 Å². The van der Waals surface area contributed by atoms with Crippen molar-refractivity contribution in [3.63, 3.8) is 0 Å². The molecule has 1 amide bonds. The Morgan fingerprint density at radius 3 is 2.55 bits per heavy atom. The van der Waals surface area contributed by atoms with Gasteiger partial charge in [0.1, 0.15) is 0 Å². The number of carbonyl (C=O) groups is 1. The fraction of sp³-hybridized carbons (Fsp3) is 0.556. The summed E-state index contributed by atoms with van der Waals surface area (Å²) >= 11 is 0. The minimum atomic E-state index is -0.198. The van der Waals surface area contributed by atoms with Crippen molar-refractivity contribution in [3.8, 4) is 0 Å². The standard InChI is InChI=1S/C9H16NO/c1-5-7-8(11)10-9(3,4)6-2/h5,7H,2,6H2,1,3-4H3,(H,10,11). The van der Waals surface area contributed by atoms with Gasteiger partial charge in [0.05, 0.1) is 0 Å². The summed E-state index contributed by atoms with van der Waals surface area (Å²) in [4.78, 5) is 11.0. The van der Waals surface area contributed by atoms with Gasteiger partial charge in [-0.3, -0.25) is 4.79 Å². The van der Waals surface area contributed by atoms with Crippen LogP contribution in [0.25, 0.3) is 0 Å². The summed E-state index contributed by atoms with van der Waals surface area (Å²) < 4.78 is 0. The summed E-state index contributed by atoms with van der Waals surface area (Å²) in [7, 11) is 0. The zero-order valence-corrected chi connectivity index (χ0v) is 7.48. The van der Waals surface area contributed by atoms with Gasteiger partial charge in [-0.25, -0.2) is 0 Å². The Bertz CT molecular complexity index is 159. The normalized spacial score (nSPS) is 12.0. The first-order valence-electron chi connectivity index (χ1n) is 3.76. The molecule has 0 rings (SSSR count). The van der Waals surface area contributed by atoms with Gasteiger partial charge in [0.2, 0.25) is 5.91 Å². The van der Waals surface area contributed by atoms with Crippen LogP contribution in [0.3, 0.4) is 0 Å². The molecule has 2 nitrogen and oxygen atoms in total. The maximum absolute atomic E-state index is 11.0. The molecule has 0 atom stereocenters. The lowest BCUT2D eigenvalue weighted by molar-refractivity contribution is -0.118. The van der Waals surface area contributed by atoms with E-state index in [1.165, 1.54) is 6.08 Å². The van der Waals surface area contributed by atoms with Crippen molar-refractivity contribution < 1.29 is 4.79 Å². The molecule has 63 valence electrons. The van der Waals surface area contributed by atoms with Gasteiger partial charge in [-0.2, -0.15) is 0 Å². The fourth-order valence-corrected chi connectivity index (χ4v) is 0.589. The van der Waals surface area contributed by atoms with E-state index >= 15 is 0 Å². The molecule has 0 aliphatic carbocycles. The lowest BCUT2D eigenvalue weighted by Crippen LogP contribution is -2.41. The molecular formula is C9H16NO. The Balaban J connectivity index is 3.93. The van der Waals surface area contributed by atoms with E-state index < -0.39 is 0 Å². The lowest BCUT2D eigenvalue weighted by atomic mass is 10.0. The van der Waals surface area contributed by atoms with Crippen LogP contribution in [-0.2, 0) is 4.79 Å². The Hall–Kier alpha value is -0.790. The molecule has 0 fully saturated rings. The first kappa shape index (κ1) is 10.2. The fourth-order valence-electron chi connectivity index (χ4n) is 0.589. The third kappa shape index (κ3) is 4.59. The first-order valence-corrected chi connectivity index (χ1v) is 3.76. The Morgan fingerprint density at radius 2 is 2.18 bits per heavy atom. The molecule has 0 unspecified atom stereocenters. The minimum Gasteiger partial charge on any atom is -0.348 e. The monoisotopic (exact) mass is 154 g/mol. The molecule has 0 bridgehead atoms. The van der Waals surface area contributed by atoms with Crippen molar-refractivity contribution in [3.05, 3.63) is 19.1 Å². The zero-order valence-electron chi connectivity index (χ0n) is 7.48. The number of allylic oxidation sites excluding steroid dienone is 1. The topological polar surface area (TPSA) is 29.1 Å². The van der Waals surface area contributed by atoms with E-state index in [0.717, 1.165) is 0 Å². The van der Waals surface area contributed by atoms with E-state index in [4.69, 9.17) is 0 Å².